The molecule has 0 spiro atoms. The maximum absolute atomic E-state index is 11.4. The molecule has 0 fully saturated rings. The molecule has 0 aliphatic heterocycles. The monoisotopic (exact) mass is 275 g/mol. The Balaban J connectivity index is 1.98. The molecule has 20 heavy (non-hydrogen) atoms. The lowest BCUT2D eigenvalue weighted by atomic mass is 10.2. The van der Waals surface area contributed by atoms with Crippen LogP contribution in [-0.2, 0) is 17.9 Å². The molecule has 0 radical (unpaired) electrons. The van der Waals surface area contributed by atoms with Gasteiger partial charge in [0, 0.05) is 12.1 Å². The highest BCUT2D eigenvalue weighted by atomic mass is 16.5. The molecular weight excluding hydrogens is 258 g/mol. The van der Waals surface area contributed by atoms with Crippen LogP contribution in [0.3, 0.4) is 0 Å². The van der Waals surface area contributed by atoms with E-state index in [2.05, 4.69) is 10.1 Å². The van der Waals surface area contributed by atoms with Crippen LogP contribution in [0.15, 0.2) is 41.0 Å². The van der Waals surface area contributed by atoms with Gasteiger partial charge in [-0.2, -0.15) is 0 Å². The highest BCUT2D eigenvalue weighted by Gasteiger charge is 2.16. The van der Waals surface area contributed by atoms with E-state index in [1.54, 1.807) is 6.07 Å². The molecule has 5 heteroatoms. The van der Waals surface area contributed by atoms with Crippen LogP contribution in [0, 0.1) is 0 Å². The van der Waals surface area contributed by atoms with E-state index in [-0.39, 0.29) is 12.4 Å². The van der Waals surface area contributed by atoms with Crippen LogP contribution < -0.4 is 10.1 Å². The molecule has 0 atom stereocenters. The van der Waals surface area contributed by atoms with Crippen molar-refractivity contribution in [3.05, 3.63) is 53.5 Å². The predicted octanol–water partition coefficient (Wildman–Crippen LogP) is 2.36. The fraction of sp³-hybridized carbons (Fsp3) is 0.267. The van der Waals surface area contributed by atoms with Gasteiger partial charge in [-0.1, -0.05) is 12.1 Å². The number of methoxy groups -OCH3 is 1. The highest BCUT2D eigenvalue weighted by molar-refractivity contribution is 5.87. The van der Waals surface area contributed by atoms with E-state index in [4.69, 9.17) is 9.15 Å². The Bertz CT molecular complexity index is 560. The molecule has 0 saturated heterocycles. The zero-order valence-electron chi connectivity index (χ0n) is 11.5. The molecule has 1 aromatic heterocycles. The van der Waals surface area contributed by atoms with Crippen LogP contribution in [0.1, 0.15) is 21.7 Å². The van der Waals surface area contributed by atoms with Crippen LogP contribution in [0.5, 0.6) is 5.75 Å². The van der Waals surface area contributed by atoms with Crippen molar-refractivity contribution in [2.45, 2.75) is 13.2 Å². The maximum Gasteiger partial charge on any atom is 0.374 e. The number of carbonyl (C=O) groups is 1. The standard InChI is InChI=1S/C15H17NO4/c1-16-9-11-3-5-13(6-4-11)20-10-12-7-8-19-14(12)15(17)18-2/h3-8,16H,9-10H2,1-2H3. The third-order valence-electron chi connectivity index (χ3n) is 2.82. The van der Waals surface area contributed by atoms with Crippen molar-refractivity contribution in [2.24, 2.45) is 0 Å². The van der Waals surface area contributed by atoms with E-state index >= 15 is 0 Å². The first-order chi connectivity index (χ1) is 9.74. The van der Waals surface area contributed by atoms with Crippen molar-refractivity contribution in [1.29, 1.82) is 0 Å². The molecule has 0 bridgehead atoms. The van der Waals surface area contributed by atoms with Gasteiger partial charge in [0.15, 0.2) is 0 Å². The molecule has 1 heterocycles. The summed E-state index contributed by atoms with van der Waals surface area (Å²) in [4.78, 5) is 11.4. The molecule has 1 aromatic carbocycles. The van der Waals surface area contributed by atoms with E-state index in [9.17, 15) is 4.79 Å². The van der Waals surface area contributed by atoms with Crippen molar-refractivity contribution in [3.63, 3.8) is 0 Å². The number of benzene rings is 1. The third kappa shape index (κ3) is 3.39. The van der Waals surface area contributed by atoms with Crippen LogP contribution in [0.25, 0.3) is 0 Å². The number of carbonyl (C=O) groups excluding carboxylic acids is 1. The smallest absolute Gasteiger partial charge is 0.374 e. The summed E-state index contributed by atoms with van der Waals surface area (Å²) in [5.74, 6) is 0.416. The summed E-state index contributed by atoms with van der Waals surface area (Å²) in [6.07, 6.45) is 1.45. The SMILES string of the molecule is CNCc1ccc(OCc2ccoc2C(=O)OC)cc1. The fourth-order valence-corrected chi connectivity index (χ4v) is 1.79. The van der Waals surface area contributed by atoms with E-state index in [1.165, 1.54) is 18.9 Å². The second-order valence-corrected chi connectivity index (χ2v) is 4.23. The van der Waals surface area contributed by atoms with Crippen LogP contribution >= 0.6 is 0 Å². The molecule has 0 saturated carbocycles. The Morgan fingerprint density at radius 2 is 2.00 bits per heavy atom. The van der Waals surface area contributed by atoms with Crippen molar-refractivity contribution in [1.82, 2.24) is 5.32 Å². The molecule has 0 unspecified atom stereocenters. The van der Waals surface area contributed by atoms with Gasteiger partial charge in [-0.05, 0) is 30.8 Å². The zero-order chi connectivity index (χ0) is 14.4. The minimum atomic E-state index is -0.502. The average Bonchev–Trinajstić information content (AvgIpc) is 2.94. The first kappa shape index (κ1) is 14.1. The Labute approximate surface area is 117 Å². The first-order valence-electron chi connectivity index (χ1n) is 6.25. The molecule has 0 amide bonds. The third-order valence-corrected chi connectivity index (χ3v) is 2.82. The van der Waals surface area contributed by atoms with Gasteiger partial charge in [0.2, 0.25) is 5.76 Å². The largest absolute Gasteiger partial charge is 0.489 e. The number of furan rings is 1. The van der Waals surface area contributed by atoms with Crippen LogP contribution in [0.2, 0.25) is 0 Å². The summed E-state index contributed by atoms with van der Waals surface area (Å²) >= 11 is 0. The number of ether oxygens (including phenoxy) is 2. The van der Waals surface area contributed by atoms with Crippen molar-refractivity contribution in [2.75, 3.05) is 14.2 Å². The van der Waals surface area contributed by atoms with Crippen molar-refractivity contribution >= 4 is 5.97 Å². The minimum Gasteiger partial charge on any atom is -0.489 e. The molecule has 2 rings (SSSR count). The quantitative estimate of drug-likeness (QED) is 0.820. The number of esters is 1. The summed E-state index contributed by atoms with van der Waals surface area (Å²) in [6, 6.07) is 9.46. The summed E-state index contributed by atoms with van der Waals surface area (Å²) < 4.78 is 15.4. The van der Waals surface area contributed by atoms with Gasteiger partial charge in [-0.15, -0.1) is 0 Å². The Kier molecular flexibility index (Phi) is 4.79. The predicted molar refractivity (Wildman–Crippen MR) is 73.6 cm³/mol. The lowest BCUT2D eigenvalue weighted by molar-refractivity contribution is 0.0561. The van der Waals surface area contributed by atoms with E-state index in [0.29, 0.717) is 5.56 Å². The molecule has 106 valence electrons. The molecule has 0 aliphatic carbocycles. The van der Waals surface area contributed by atoms with Crippen molar-refractivity contribution < 1.29 is 18.7 Å². The lowest BCUT2D eigenvalue weighted by Crippen LogP contribution is -2.06. The van der Waals surface area contributed by atoms with Gasteiger partial charge >= 0.3 is 5.97 Å². The molecule has 2 aromatic rings. The Morgan fingerprint density at radius 3 is 2.65 bits per heavy atom. The molecular formula is C15H17NO4. The zero-order valence-corrected chi connectivity index (χ0v) is 11.5. The summed E-state index contributed by atoms with van der Waals surface area (Å²) in [5, 5.41) is 3.08. The van der Waals surface area contributed by atoms with E-state index in [1.807, 2.05) is 31.3 Å². The number of rotatable bonds is 6. The Morgan fingerprint density at radius 1 is 1.25 bits per heavy atom. The highest BCUT2D eigenvalue weighted by Crippen LogP contribution is 2.17. The van der Waals surface area contributed by atoms with Gasteiger partial charge in [0.25, 0.3) is 0 Å². The number of hydrogen-bond donors (Lipinski definition) is 1. The number of hydrogen-bond acceptors (Lipinski definition) is 5. The number of nitrogens with one attached hydrogen (secondary N) is 1. The second kappa shape index (κ2) is 6.77. The minimum absolute atomic E-state index is 0.180. The van der Waals surface area contributed by atoms with Gasteiger partial charge in [-0.3, -0.25) is 0 Å². The van der Waals surface area contributed by atoms with Crippen LogP contribution in [0.4, 0.5) is 0 Å². The average molecular weight is 275 g/mol. The lowest BCUT2D eigenvalue weighted by Gasteiger charge is -2.07. The molecule has 1 N–H and O–H groups in total. The van der Waals surface area contributed by atoms with Crippen LogP contribution in [-0.4, -0.2) is 20.1 Å². The topological polar surface area (TPSA) is 60.7 Å². The van der Waals surface area contributed by atoms with Gasteiger partial charge in [-0.25, -0.2) is 4.79 Å². The van der Waals surface area contributed by atoms with Gasteiger partial charge in [0.1, 0.15) is 12.4 Å². The summed E-state index contributed by atoms with van der Waals surface area (Å²) in [5.41, 5.74) is 1.84. The molecule has 0 aliphatic rings. The second-order valence-electron chi connectivity index (χ2n) is 4.23. The van der Waals surface area contributed by atoms with E-state index in [0.717, 1.165) is 12.3 Å². The van der Waals surface area contributed by atoms with Crippen molar-refractivity contribution in [3.8, 4) is 5.75 Å². The fourth-order valence-electron chi connectivity index (χ4n) is 1.79. The van der Waals surface area contributed by atoms with Gasteiger partial charge in [0.05, 0.1) is 13.4 Å². The van der Waals surface area contributed by atoms with Gasteiger partial charge < -0.3 is 19.2 Å². The maximum atomic E-state index is 11.4. The summed E-state index contributed by atoms with van der Waals surface area (Å²) in [6.45, 7) is 1.07. The Hall–Kier alpha value is -2.27. The summed E-state index contributed by atoms with van der Waals surface area (Å²) in [7, 11) is 3.22. The van der Waals surface area contributed by atoms with E-state index < -0.39 is 5.97 Å². The molecule has 5 nitrogen and oxygen atoms in total. The first-order valence-corrected chi connectivity index (χ1v) is 6.25. The normalized spacial score (nSPS) is 10.3.